The summed E-state index contributed by atoms with van der Waals surface area (Å²) >= 11 is 0. The maximum Gasteiger partial charge on any atom is 0.255 e. The lowest BCUT2D eigenvalue weighted by molar-refractivity contribution is -0.136. The van der Waals surface area contributed by atoms with Gasteiger partial charge in [0, 0.05) is 56.6 Å². The summed E-state index contributed by atoms with van der Waals surface area (Å²) in [4.78, 5) is 41.6. The molecule has 0 bridgehead atoms. The Bertz CT molecular complexity index is 1120. The summed E-state index contributed by atoms with van der Waals surface area (Å²) in [6.07, 6.45) is 3.86. The molecule has 8 heteroatoms. The van der Waals surface area contributed by atoms with Gasteiger partial charge in [-0.3, -0.25) is 24.6 Å². The van der Waals surface area contributed by atoms with E-state index in [9.17, 15) is 14.4 Å². The molecule has 1 spiro atoms. The quantitative estimate of drug-likeness (QED) is 0.704. The van der Waals surface area contributed by atoms with E-state index in [1.54, 1.807) is 4.90 Å². The fraction of sp³-hybridized carbons (Fsp3) is 0.458. The van der Waals surface area contributed by atoms with Crippen LogP contribution in [0.4, 0.5) is 0 Å². The van der Waals surface area contributed by atoms with Crippen molar-refractivity contribution in [3.05, 3.63) is 58.9 Å². The van der Waals surface area contributed by atoms with Crippen molar-refractivity contribution in [1.82, 2.24) is 25.0 Å². The van der Waals surface area contributed by atoms with Crippen molar-refractivity contribution in [3.8, 4) is 0 Å². The summed E-state index contributed by atoms with van der Waals surface area (Å²) in [5.74, 6) is -0.720. The van der Waals surface area contributed by atoms with Crippen LogP contribution in [0.1, 0.15) is 46.4 Å². The van der Waals surface area contributed by atoms with Crippen molar-refractivity contribution in [2.24, 2.45) is 0 Å². The molecular formula is C24H27N5O3. The van der Waals surface area contributed by atoms with Gasteiger partial charge in [-0.1, -0.05) is 18.2 Å². The highest BCUT2D eigenvalue weighted by Gasteiger charge is 2.46. The van der Waals surface area contributed by atoms with Gasteiger partial charge < -0.3 is 14.8 Å². The Morgan fingerprint density at radius 1 is 1.09 bits per heavy atom. The summed E-state index contributed by atoms with van der Waals surface area (Å²) in [5.41, 5.74) is 4.01. The number of carbonyl (C=O) groups is 3. The Kier molecular flexibility index (Phi) is 4.48. The molecule has 3 amide bonds. The molecule has 2 saturated heterocycles. The first-order valence-corrected chi connectivity index (χ1v) is 11.4. The number of imide groups is 1. The van der Waals surface area contributed by atoms with Gasteiger partial charge in [0.1, 0.15) is 6.04 Å². The third-order valence-electron chi connectivity index (χ3n) is 7.66. The number of piperidine rings is 1. The van der Waals surface area contributed by atoms with Crippen LogP contribution >= 0.6 is 0 Å². The maximum atomic E-state index is 13.5. The summed E-state index contributed by atoms with van der Waals surface area (Å²) in [6.45, 7) is 4.88. The fourth-order valence-electron chi connectivity index (χ4n) is 6.06. The van der Waals surface area contributed by atoms with Gasteiger partial charge in [-0.05, 0) is 42.6 Å². The van der Waals surface area contributed by atoms with Crippen molar-refractivity contribution in [3.63, 3.8) is 0 Å². The molecule has 1 aromatic heterocycles. The van der Waals surface area contributed by atoms with Crippen molar-refractivity contribution in [2.75, 3.05) is 19.6 Å². The highest BCUT2D eigenvalue weighted by atomic mass is 16.2. The molecule has 2 aromatic rings. The first-order chi connectivity index (χ1) is 15.6. The second-order valence-corrected chi connectivity index (χ2v) is 9.32. The van der Waals surface area contributed by atoms with E-state index in [1.807, 2.05) is 12.1 Å². The predicted molar refractivity (Wildman–Crippen MR) is 116 cm³/mol. The smallest absolute Gasteiger partial charge is 0.255 e. The van der Waals surface area contributed by atoms with Crippen LogP contribution in [-0.4, -0.2) is 57.8 Å². The zero-order valence-electron chi connectivity index (χ0n) is 18.0. The first-order valence-electron chi connectivity index (χ1n) is 11.4. The van der Waals surface area contributed by atoms with Crippen LogP contribution in [-0.2, 0) is 34.8 Å². The average molecular weight is 434 g/mol. The average Bonchev–Trinajstić information content (AvgIpc) is 3.51. The van der Waals surface area contributed by atoms with Crippen molar-refractivity contribution >= 4 is 17.7 Å². The van der Waals surface area contributed by atoms with Crippen LogP contribution in [0.3, 0.4) is 0 Å². The van der Waals surface area contributed by atoms with E-state index in [-0.39, 0.29) is 29.7 Å². The largest absolute Gasteiger partial charge is 0.348 e. The first kappa shape index (κ1) is 19.7. The number of carbonyl (C=O) groups excluding carboxylic acids is 3. The van der Waals surface area contributed by atoms with Crippen molar-refractivity contribution in [2.45, 2.75) is 50.5 Å². The molecule has 0 saturated carbocycles. The van der Waals surface area contributed by atoms with Crippen LogP contribution in [0.2, 0.25) is 0 Å². The van der Waals surface area contributed by atoms with Gasteiger partial charge in [0.15, 0.2) is 0 Å². The molecule has 4 aliphatic rings. The molecule has 0 aliphatic carbocycles. The number of nitrogens with zero attached hydrogens (tertiary/aromatic N) is 3. The molecule has 2 fully saturated rings. The summed E-state index contributed by atoms with van der Waals surface area (Å²) in [5, 5.41) is 5.93. The lowest BCUT2D eigenvalue weighted by Gasteiger charge is -2.45. The van der Waals surface area contributed by atoms with Crippen LogP contribution < -0.4 is 10.6 Å². The number of nitrogens with one attached hydrogen (secondary N) is 2. The number of amides is 3. The zero-order valence-corrected chi connectivity index (χ0v) is 18.0. The van der Waals surface area contributed by atoms with Crippen LogP contribution in [0.25, 0.3) is 0 Å². The normalized spacial score (nSPS) is 27.7. The topological polar surface area (TPSA) is 86.7 Å². The SMILES string of the molecule is O=C1CCC(N2Cc3cccc(CN4CCn5cccc5C45CCNC5)c3C2=O)C(=O)N1. The Labute approximate surface area is 186 Å². The molecule has 8 nitrogen and oxygen atoms in total. The van der Waals surface area contributed by atoms with Gasteiger partial charge >= 0.3 is 0 Å². The number of benzene rings is 1. The minimum absolute atomic E-state index is 0.0601. The molecule has 0 radical (unpaired) electrons. The lowest BCUT2D eigenvalue weighted by atomic mass is 9.88. The predicted octanol–water partition coefficient (Wildman–Crippen LogP) is 0.954. The third-order valence-corrected chi connectivity index (χ3v) is 7.66. The standard InChI is InChI=1S/C24H27N5O3/c30-20-7-6-18(22(31)26-20)29-14-17-4-1-3-16(21(17)23(29)32)13-28-12-11-27-10-2-5-19(27)24(28)8-9-25-15-24/h1-5,10,18,25H,6-9,11-15H2,(H,26,30,31). The van der Waals surface area contributed by atoms with Crippen LogP contribution in [0, 0.1) is 0 Å². The summed E-state index contributed by atoms with van der Waals surface area (Å²) in [7, 11) is 0. The number of hydrogen-bond acceptors (Lipinski definition) is 5. The summed E-state index contributed by atoms with van der Waals surface area (Å²) in [6, 6.07) is 9.82. The van der Waals surface area contributed by atoms with E-state index in [2.05, 4.69) is 44.5 Å². The maximum absolute atomic E-state index is 13.5. The van der Waals surface area contributed by atoms with Crippen molar-refractivity contribution in [1.29, 1.82) is 0 Å². The van der Waals surface area contributed by atoms with Gasteiger partial charge in [-0.25, -0.2) is 0 Å². The van der Waals surface area contributed by atoms with Crippen molar-refractivity contribution < 1.29 is 14.4 Å². The molecule has 166 valence electrons. The zero-order chi connectivity index (χ0) is 21.9. The van der Waals surface area contributed by atoms with E-state index in [1.165, 1.54) is 5.69 Å². The minimum atomic E-state index is -0.580. The lowest BCUT2D eigenvalue weighted by Crippen LogP contribution is -2.53. The Morgan fingerprint density at radius 3 is 2.81 bits per heavy atom. The molecule has 1 aromatic carbocycles. The molecule has 4 aliphatic heterocycles. The highest BCUT2D eigenvalue weighted by molar-refractivity contribution is 6.06. The van der Waals surface area contributed by atoms with E-state index >= 15 is 0 Å². The van der Waals surface area contributed by atoms with Crippen LogP contribution in [0.15, 0.2) is 36.5 Å². The fourth-order valence-corrected chi connectivity index (χ4v) is 6.06. The van der Waals surface area contributed by atoms with Gasteiger partial charge in [0.2, 0.25) is 11.8 Å². The third kappa shape index (κ3) is 2.86. The molecule has 2 atom stereocenters. The molecule has 2 unspecified atom stereocenters. The monoisotopic (exact) mass is 433 g/mol. The van der Waals surface area contributed by atoms with Crippen LogP contribution in [0.5, 0.6) is 0 Å². The molecule has 5 heterocycles. The number of rotatable bonds is 3. The highest BCUT2D eigenvalue weighted by Crippen LogP contribution is 2.40. The van der Waals surface area contributed by atoms with E-state index in [4.69, 9.17) is 0 Å². The number of aromatic nitrogens is 1. The van der Waals surface area contributed by atoms with E-state index in [0.29, 0.717) is 19.5 Å². The van der Waals surface area contributed by atoms with Gasteiger partial charge in [0.25, 0.3) is 5.91 Å². The minimum Gasteiger partial charge on any atom is -0.348 e. The van der Waals surface area contributed by atoms with E-state index < -0.39 is 6.04 Å². The van der Waals surface area contributed by atoms with Gasteiger partial charge in [-0.15, -0.1) is 0 Å². The second-order valence-electron chi connectivity index (χ2n) is 9.32. The Balaban J connectivity index is 1.30. The Morgan fingerprint density at radius 2 is 2.00 bits per heavy atom. The van der Waals surface area contributed by atoms with Gasteiger partial charge in [0.05, 0.1) is 5.54 Å². The second kappa shape index (κ2) is 7.28. The number of fused-ring (bicyclic) bond motifs is 3. The molecule has 32 heavy (non-hydrogen) atoms. The molecule has 6 rings (SSSR count). The molecular weight excluding hydrogens is 406 g/mol. The Hall–Kier alpha value is -2.97. The van der Waals surface area contributed by atoms with Gasteiger partial charge in [-0.2, -0.15) is 0 Å². The summed E-state index contributed by atoms with van der Waals surface area (Å²) < 4.78 is 2.36. The van der Waals surface area contributed by atoms with E-state index in [0.717, 1.165) is 49.3 Å². The molecule has 2 N–H and O–H groups in total. The number of hydrogen-bond donors (Lipinski definition) is 2.